The molecule has 15 heavy (non-hydrogen) atoms. The number of aldehydes is 1. The predicted octanol–water partition coefficient (Wildman–Crippen LogP) is 0.448. The molecular formula is C11H14N2O2. The van der Waals surface area contributed by atoms with E-state index in [-0.39, 0.29) is 5.91 Å². The number of carbonyl (C=O) groups is 2. The molecule has 80 valence electrons. The first-order valence-corrected chi connectivity index (χ1v) is 4.76. The van der Waals surface area contributed by atoms with Crippen molar-refractivity contribution in [3.63, 3.8) is 0 Å². The fourth-order valence-corrected chi connectivity index (χ4v) is 1.12. The molecule has 4 nitrogen and oxygen atoms in total. The number of nitrogens with one attached hydrogen (secondary N) is 2. The zero-order valence-corrected chi connectivity index (χ0v) is 8.62. The maximum absolute atomic E-state index is 11.5. The summed E-state index contributed by atoms with van der Waals surface area (Å²) in [5.41, 5.74) is 1.14. The molecule has 0 bridgehead atoms. The van der Waals surface area contributed by atoms with E-state index in [4.69, 9.17) is 0 Å². The molecule has 0 radical (unpaired) electrons. The third kappa shape index (κ3) is 3.52. The van der Waals surface area contributed by atoms with Crippen molar-refractivity contribution in [1.82, 2.24) is 10.6 Å². The number of benzene rings is 1. The number of hydrogen-bond acceptors (Lipinski definition) is 3. The molecule has 4 heteroatoms. The fraction of sp³-hybridized carbons (Fsp3) is 0.273. The Hall–Kier alpha value is -1.68. The highest BCUT2D eigenvalue weighted by molar-refractivity contribution is 5.94. The molecule has 2 N–H and O–H groups in total. The van der Waals surface area contributed by atoms with Crippen LogP contribution >= 0.6 is 0 Å². The van der Waals surface area contributed by atoms with E-state index < -0.39 is 0 Å². The van der Waals surface area contributed by atoms with Crippen LogP contribution in [0.1, 0.15) is 20.7 Å². The van der Waals surface area contributed by atoms with E-state index in [1.165, 1.54) is 0 Å². The Labute approximate surface area is 88.7 Å². The second kappa shape index (κ2) is 5.93. The van der Waals surface area contributed by atoms with E-state index in [0.29, 0.717) is 17.7 Å². The average molecular weight is 206 g/mol. The van der Waals surface area contributed by atoms with Gasteiger partial charge in [0, 0.05) is 24.2 Å². The lowest BCUT2D eigenvalue weighted by Gasteiger charge is -2.04. The summed E-state index contributed by atoms with van der Waals surface area (Å²) in [6.07, 6.45) is 0.753. The molecule has 0 heterocycles. The van der Waals surface area contributed by atoms with Crippen LogP contribution in [0.2, 0.25) is 0 Å². The van der Waals surface area contributed by atoms with Crippen molar-refractivity contribution < 1.29 is 9.59 Å². The van der Waals surface area contributed by atoms with E-state index >= 15 is 0 Å². The van der Waals surface area contributed by atoms with Crippen molar-refractivity contribution in [3.8, 4) is 0 Å². The standard InChI is InChI=1S/C11H14N2O2/c1-12-6-7-13-11(15)10-4-2-9(8-14)3-5-10/h2-5,8,12H,6-7H2,1H3,(H,13,15). The van der Waals surface area contributed by atoms with E-state index in [1.54, 1.807) is 24.3 Å². The summed E-state index contributed by atoms with van der Waals surface area (Å²) in [5, 5.41) is 5.68. The van der Waals surface area contributed by atoms with Crippen LogP contribution in [-0.2, 0) is 0 Å². The van der Waals surface area contributed by atoms with Gasteiger partial charge in [-0.1, -0.05) is 12.1 Å². The quantitative estimate of drug-likeness (QED) is 0.543. The van der Waals surface area contributed by atoms with Crippen LogP contribution < -0.4 is 10.6 Å². The first-order valence-electron chi connectivity index (χ1n) is 4.76. The van der Waals surface area contributed by atoms with Gasteiger partial charge in [0.25, 0.3) is 5.91 Å². The van der Waals surface area contributed by atoms with Crippen molar-refractivity contribution in [1.29, 1.82) is 0 Å². The highest BCUT2D eigenvalue weighted by Gasteiger charge is 2.03. The van der Waals surface area contributed by atoms with Gasteiger partial charge in [0.1, 0.15) is 6.29 Å². The molecule has 0 unspecified atom stereocenters. The third-order valence-electron chi connectivity index (χ3n) is 1.97. The minimum absolute atomic E-state index is 0.123. The Bertz CT molecular complexity index is 333. The summed E-state index contributed by atoms with van der Waals surface area (Å²) in [7, 11) is 1.82. The van der Waals surface area contributed by atoms with Gasteiger partial charge in [-0.3, -0.25) is 9.59 Å². The third-order valence-corrected chi connectivity index (χ3v) is 1.97. The second-order valence-electron chi connectivity index (χ2n) is 3.10. The minimum atomic E-state index is -0.123. The molecule has 0 aliphatic rings. The van der Waals surface area contributed by atoms with Gasteiger partial charge < -0.3 is 10.6 Å². The highest BCUT2D eigenvalue weighted by Crippen LogP contribution is 2.01. The van der Waals surface area contributed by atoms with Gasteiger partial charge in [-0.25, -0.2) is 0 Å². The van der Waals surface area contributed by atoms with Crippen molar-refractivity contribution in [2.45, 2.75) is 0 Å². The second-order valence-corrected chi connectivity index (χ2v) is 3.10. The Kier molecular flexibility index (Phi) is 4.50. The molecule has 0 aromatic heterocycles. The van der Waals surface area contributed by atoms with Crippen molar-refractivity contribution >= 4 is 12.2 Å². The lowest BCUT2D eigenvalue weighted by molar-refractivity contribution is 0.0953. The molecule has 0 saturated heterocycles. The molecule has 1 rings (SSSR count). The number of rotatable bonds is 5. The van der Waals surface area contributed by atoms with Gasteiger partial charge in [0.15, 0.2) is 0 Å². The Balaban J connectivity index is 2.54. The number of likely N-dealkylation sites (N-methyl/N-ethyl adjacent to an activating group) is 1. The Morgan fingerprint density at radius 3 is 2.47 bits per heavy atom. The van der Waals surface area contributed by atoms with Crippen LogP contribution in [-0.4, -0.2) is 32.3 Å². The van der Waals surface area contributed by atoms with Crippen LogP contribution in [0.15, 0.2) is 24.3 Å². The van der Waals surface area contributed by atoms with Crippen LogP contribution in [0.5, 0.6) is 0 Å². The van der Waals surface area contributed by atoms with Gasteiger partial charge in [-0.05, 0) is 19.2 Å². The first-order chi connectivity index (χ1) is 7.27. The smallest absolute Gasteiger partial charge is 0.251 e. The minimum Gasteiger partial charge on any atom is -0.351 e. The van der Waals surface area contributed by atoms with E-state index in [0.717, 1.165) is 12.8 Å². The molecule has 1 amide bonds. The molecule has 1 aromatic carbocycles. The van der Waals surface area contributed by atoms with Crippen molar-refractivity contribution in [2.24, 2.45) is 0 Å². The molecule has 1 aromatic rings. The van der Waals surface area contributed by atoms with Crippen molar-refractivity contribution in [2.75, 3.05) is 20.1 Å². The van der Waals surface area contributed by atoms with Gasteiger partial charge >= 0.3 is 0 Å². The zero-order valence-electron chi connectivity index (χ0n) is 8.62. The monoisotopic (exact) mass is 206 g/mol. The molecular weight excluding hydrogens is 192 g/mol. The summed E-state index contributed by atoms with van der Waals surface area (Å²) in [6, 6.07) is 6.52. The summed E-state index contributed by atoms with van der Waals surface area (Å²) < 4.78 is 0. The number of amides is 1. The van der Waals surface area contributed by atoms with E-state index in [1.807, 2.05) is 7.05 Å². The number of hydrogen-bond donors (Lipinski definition) is 2. The number of carbonyl (C=O) groups excluding carboxylic acids is 2. The maximum Gasteiger partial charge on any atom is 0.251 e. The largest absolute Gasteiger partial charge is 0.351 e. The molecule has 0 atom stereocenters. The molecule has 0 fully saturated rings. The summed E-state index contributed by atoms with van der Waals surface area (Å²) in [4.78, 5) is 21.9. The SMILES string of the molecule is CNCCNC(=O)c1ccc(C=O)cc1. The Morgan fingerprint density at radius 1 is 1.27 bits per heavy atom. The van der Waals surface area contributed by atoms with E-state index in [9.17, 15) is 9.59 Å². The van der Waals surface area contributed by atoms with E-state index in [2.05, 4.69) is 10.6 Å². The van der Waals surface area contributed by atoms with Crippen LogP contribution in [0.4, 0.5) is 0 Å². The summed E-state index contributed by atoms with van der Waals surface area (Å²) in [5.74, 6) is -0.123. The zero-order chi connectivity index (χ0) is 11.1. The normalized spacial score (nSPS) is 9.67. The van der Waals surface area contributed by atoms with Gasteiger partial charge in [0.2, 0.25) is 0 Å². The molecule has 0 spiro atoms. The summed E-state index contributed by atoms with van der Waals surface area (Å²) >= 11 is 0. The lowest BCUT2D eigenvalue weighted by atomic mass is 10.1. The fourth-order valence-electron chi connectivity index (χ4n) is 1.12. The van der Waals surface area contributed by atoms with Crippen LogP contribution in [0, 0.1) is 0 Å². The lowest BCUT2D eigenvalue weighted by Crippen LogP contribution is -2.30. The average Bonchev–Trinajstić information content (AvgIpc) is 2.29. The first kappa shape index (κ1) is 11.4. The molecule has 0 saturated carbocycles. The highest BCUT2D eigenvalue weighted by atomic mass is 16.1. The topological polar surface area (TPSA) is 58.2 Å². The van der Waals surface area contributed by atoms with Gasteiger partial charge in [0.05, 0.1) is 0 Å². The van der Waals surface area contributed by atoms with Gasteiger partial charge in [-0.15, -0.1) is 0 Å². The maximum atomic E-state index is 11.5. The summed E-state index contributed by atoms with van der Waals surface area (Å²) in [6.45, 7) is 1.32. The molecule has 0 aliphatic heterocycles. The predicted molar refractivity (Wildman–Crippen MR) is 58.1 cm³/mol. The Morgan fingerprint density at radius 2 is 1.93 bits per heavy atom. The van der Waals surface area contributed by atoms with Crippen molar-refractivity contribution in [3.05, 3.63) is 35.4 Å². The van der Waals surface area contributed by atoms with Crippen LogP contribution in [0.25, 0.3) is 0 Å². The van der Waals surface area contributed by atoms with Crippen LogP contribution in [0.3, 0.4) is 0 Å². The van der Waals surface area contributed by atoms with Gasteiger partial charge in [-0.2, -0.15) is 0 Å². The molecule has 0 aliphatic carbocycles.